The summed E-state index contributed by atoms with van der Waals surface area (Å²) >= 11 is 0. The molecule has 1 amide bonds. The third-order valence-electron chi connectivity index (χ3n) is 3.58. The molecule has 0 saturated heterocycles. The lowest BCUT2D eigenvalue weighted by Gasteiger charge is -2.04. The van der Waals surface area contributed by atoms with Gasteiger partial charge in [-0.3, -0.25) is 14.9 Å². The number of nitrogens with one attached hydrogen (secondary N) is 2. The van der Waals surface area contributed by atoms with Crippen LogP contribution in [0.1, 0.15) is 26.1 Å². The van der Waals surface area contributed by atoms with Gasteiger partial charge in [0, 0.05) is 18.3 Å². The molecule has 0 bridgehead atoms. The number of hydrogen-bond acceptors (Lipinski definition) is 5. The van der Waals surface area contributed by atoms with Crippen LogP contribution in [0, 0.1) is 11.3 Å². The van der Waals surface area contributed by atoms with Crippen molar-refractivity contribution in [2.24, 2.45) is 11.3 Å². The van der Waals surface area contributed by atoms with Crippen LogP contribution >= 0.6 is 0 Å². The summed E-state index contributed by atoms with van der Waals surface area (Å²) in [6.07, 6.45) is 5.72. The van der Waals surface area contributed by atoms with Gasteiger partial charge in [-0.15, -0.1) is 0 Å². The highest BCUT2D eigenvalue weighted by Crippen LogP contribution is 2.51. The van der Waals surface area contributed by atoms with Crippen molar-refractivity contribution >= 4 is 5.91 Å². The Balaban J connectivity index is 1.60. The fourth-order valence-electron chi connectivity index (χ4n) is 2.11. The predicted octanol–water partition coefficient (Wildman–Crippen LogP) is 0.924. The molecule has 1 aliphatic rings. The normalized spacial score (nSPS) is 19.6. The maximum Gasteiger partial charge on any atom is 0.224 e. The molecule has 2 aromatic rings. The molecular formula is C13H16N6O. The van der Waals surface area contributed by atoms with Crippen molar-refractivity contribution in [3.05, 3.63) is 24.4 Å². The highest BCUT2D eigenvalue weighted by molar-refractivity contribution is 5.82. The molecular weight excluding hydrogens is 256 g/mol. The number of carbonyl (C=O) groups excluding carboxylic acids is 1. The van der Waals surface area contributed by atoms with Gasteiger partial charge in [0.05, 0.1) is 12.7 Å². The Bertz CT molecular complexity index is 621. The van der Waals surface area contributed by atoms with E-state index in [0.29, 0.717) is 23.9 Å². The minimum atomic E-state index is 0.0763. The molecule has 1 atom stereocenters. The average molecular weight is 272 g/mol. The lowest BCUT2D eigenvalue weighted by molar-refractivity contribution is -0.123. The smallest absolute Gasteiger partial charge is 0.224 e. The zero-order chi connectivity index (χ0) is 14.2. The third-order valence-corrected chi connectivity index (χ3v) is 3.58. The Hall–Kier alpha value is -2.31. The SMILES string of the molecule is CC1(C)C[C@@H]1C(=O)NCc1nc(-c2cnccn2)n[nH]1. The van der Waals surface area contributed by atoms with Crippen LogP contribution in [0.2, 0.25) is 0 Å². The van der Waals surface area contributed by atoms with E-state index in [9.17, 15) is 4.79 Å². The fourth-order valence-corrected chi connectivity index (χ4v) is 2.11. The molecule has 1 fully saturated rings. The van der Waals surface area contributed by atoms with Crippen molar-refractivity contribution in [3.8, 4) is 11.5 Å². The number of hydrogen-bond donors (Lipinski definition) is 2. The first kappa shape index (κ1) is 12.7. The molecule has 7 nitrogen and oxygen atoms in total. The molecule has 0 aromatic carbocycles. The van der Waals surface area contributed by atoms with E-state index >= 15 is 0 Å². The molecule has 0 unspecified atom stereocenters. The molecule has 20 heavy (non-hydrogen) atoms. The molecule has 0 spiro atoms. The van der Waals surface area contributed by atoms with Gasteiger partial charge < -0.3 is 5.32 Å². The third kappa shape index (κ3) is 2.52. The lowest BCUT2D eigenvalue weighted by atomic mass is 10.1. The van der Waals surface area contributed by atoms with Crippen molar-refractivity contribution in [3.63, 3.8) is 0 Å². The van der Waals surface area contributed by atoms with E-state index in [1.165, 1.54) is 0 Å². The fraction of sp³-hybridized carbons (Fsp3) is 0.462. The van der Waals surface area contributed by atoms with Gasteiger partial charge >= 0.3 is 0 Å². The van der Waals surface area contributed by atoms with Gasteiger partial charge in [-0.05, 0) is 11.8 Å². The van der Waals surface area contributed by atoms with Crippen molar-refractivity contribution in [2.45, 2.75) is 26.8 Å². The molecule has 104 valence electrons. The van der Waals surface area contributed by atoms with E-state index in [0.717, 1.165) is 6.42 Å². The van der Waals surface area contributed by atoms with E-state index in [2.05, 4.69) is 44.3 Å². The topological polar surface area (TPSA) is 96.5 Å². The van der Waals surface area contributed by atoms with Gasteiger partial charge in [0.1, 0.15) is 11.5 Å². The monoisotopic (exact) mass is 272 g/mol. The summed E-state index contributed by atoms with van der Waals surface area (Å²) in [4.78, 5) is 24.2. The summed E-state index contributed by atoms with van der Waals surface area (Å²) in [6, 6.07) is 0. The molecule has 2 aromatic heterocycles. The zero-order valence-electron chi connectivity index (χ0n) is 11.4. The zero-order valence-corrected chi connectivity index (χ0v) is 11.4. The first-order valence-corrected chi connectivity index (χ1v) is 6.52. The van der Waals surface area contributed by atoms with Gasteiger partial charge in [0.15, 0.2) is 0 Å². The number of aromatic amines is 1. The van der Waals surface area contributed by atoms with Gasteiger partial charge in [-0.1, -0.05) is 13.8 Å². The van der Waals surface area contributed by atoms with Crippen LogP contribution in [-0.4, -0.2) is 31.1 Å². The number of amides is 1. The van der Waals surface area contributed by atoms with Crippen LogP contribution in [0.3, 0.4) is 0 Å². The molecule has 0 radical (unpaired) electrons. The minimum absolute atomic E-state index is 0.0763. The number of H-pyrrole nitrogens is 1. The van der Waals surface area contributed by atoms with E-state index in [-0.39, 0.29) is 17.2 Å². The maximum atomic E-state index is 11.9. The summed E-state index contributed by atoms with van der Waals surface area (Å²) < 4.78 is 0. The number of carbonyl (C=O) groups is 1. The van der Waals surface area contributed by atoms with Gasteiger partial charge in [0.2, 0.25) is 11.7 Å². The summed E-state index contributed by atoms with van der Waals surface area (Å²) in [7, 11) is 0. The number of rotatable bonds is 4. The molecule has 1 saturated carbocycles. The Morgan fingerprint density at radius 2 is 2.30 bits per heavy atom. The molecule has 2 N–H and O–H groups in total. The molecule has 2 heterocycles. The van der Waals surface area contributed by atoms with Crippen LogP contribution in [0.25, 0.3) is 11.5 Å². The molecule has 3 rings (SSSR count). The quantitative estimate of drug-likeness (QED) is 0.862. The van der Waals surface area contributed by atoms with Crippen LogP contribution < -0.4 is 5.32 Å². The van der Waals surface area contributed by atoms with Crippen LogP contribution in [0.5, 0.6) is 0 Å². The summed E-state index contributed by atoms with van der Waals surface area (Å²) in [5.41, 5.74) is 0.737. The second-order valence-corrected chi connectivity index (χ2v) is 5.66. The second-order valence-electron chi connectivity index (χ2n) is 5.66. The van der Waals surface area contributed by atoms with Crippen molar-refractivity contribution in [1.82, 2.24) is 30.5 Å². The van der Waals surface area contributed by atoms with E-state index < -0.39 is 0 Å². The molecule has 1 aliphatic carbocycles. The molecule has 7 heteroatoms. The number of aromatic nitrogens is 5. The Kier molecular flexibility index (Phi) is 2.96. The Morgan fingerprint density at radius 3 is 2.95 bits per heavy atom. The van der Waals surface area contributed by atoms with Gasteiger partial charge in [-0.2, -0.15) is 5.10 Å². The maximum absolute atomic E-state index is 11.9. The Labute approximate surface area is 116 Å². The summed E-state index contributed by atoms with van der Waals surface area (Å²) in [6.45, 7) is 4.54. The van der Waals surface area contributed by atoms with E-state index in [1.54, 1.807) is 18.6 Å². The van der Waals surface area contributed by atoms with Crippen molar-refractivity contribution < 1.29 is 4.79 Å². The van der Waals surface area contributed by atoms with Crippen LogP contribution in [-0.2, 0) is 11.3 Å². The van der Waals surface area contributed by atoms with Crippen molar-refractivity contribution in [2.75, 3.05) is 0 Å². The first-order chi connectivity index (χ1) is 9.56. The Morgan fingerprint density at radius 1 is 1.50 bits per heavy atom. The first-order valence-electron chi connectivity index (χ1n) is 6.52. The van der Waals surface area contributed by atoms with Crippen LogP contribution in [0.4, 0.5) is 0 Å². The highest BCUT2D eigenvalue weighted by Gasteiger charge is 2.50. The number of nitrogens with zero attached hydrogens (tertiary/aromatic N) is 4. The second kappa shape index (κ2) is 4.66. The summed E-state index contributed by atoms with van der Waals surface area (Å²) in [5.74, 6) is 1.28. The lowest BCUT2D eigenvalue weighted by Crippen LogP contribution is -2.26. The largest absolute Gasteiger partial charge is 0.349 e. The van der Waals surface area contributed by atoms with Gasteiger partial charge in [0.25, 0.3) is 0 Å². The van der Waals surface area contributed by atoms with E-state index in [1.807, 2.05) is 0 Å². The van der Waals surface area contributed by atoms with Crippen LogP contribution in [0.15, 0.2) is 18.6 Å². The standard InChI is InChI=1S/C13H16N6O/c1-13(2)5-8(13)12(20)16-7-10-17-11(19-18-10)9-6-14-3-4-15-9/h3-4,6,8H,5,7H2,1-2H3,(H,16,20)(H,17,18,19)/t8-/m1/s1. The summed E-state index contributed by atoms with van der Waals surface area (Å²) in [5, 5.41) is 9.73. The molecule has 0 aliphatic heterocycles. The highest BCUT2D eigenvalue weighted by atomic mass is 16.2. The van der Waals surface area contributed by atoms with Gasteiger partial charge in [-0.25, -0.2) is 9.97 Å². The van der Waals surface area contributed by atoms with Crippen molar-refractivity contribution in [1.29, 1.82) is 0 Å². The predicted molar refractivity (Wildman–Crippen MR) is 71.1 cm³/mol. The minimum Gasteiger partial charge on any atom is -0.349 e. The average Bonchev–Trinajstić information content (AvgIpc) is 2.89. The van der Waals surface area contributed by atoms with E-state index in [4.69, 9.17) is 0 Å².